The largest absolute Gasteiger partial charge is 0.287 e. The van der Waals surface area contributed by atoms with Crippen molar-refractivity contribution in [3.8, 4) is 0 Å². The quantitative estimate of drug-likeness (QED) is 0.493. The molecule has 0 atom stereocenters. The van der Waals surface area contributed by atoms with Gasteiger partial charge in [-0.15, -0.1) is 0 Å². The molecule has 1 nitrogen and oxygen atoms in total. The fourth-order valence-electron chi connectivity index (χ4n) is 10.1. The summed E-state index contributed by atoms with van der Waals surface area (Å²) in [7, 11) is 0. The molecule has 1 spiro atoms. The highest BCUT2D eigenvalue weighted by Crippen LogP contribution is 2.67. The lowest BCUT2D eigenvalue weighted by atomic mass is 9.52. The highest BCUT2D eigenvalue weighted by atomic mass is 15.3. The highest BCUT2D eigenvalue weighted by molar-refractivity contribution is 5.70. The molecule has 1 heteroatoms. The van der Waals surface area contributed by atoms with Gasteiger partial charge >= 0.3 is 0 Å². The Bertz CT molecular complexity index is 1070. The van der Waals surface area contributed by atoms with Gasteiger partial charge in [0.15, 0.2) is 0 Å². The highest BCUT2D eigenvalue weighted by Gasteiger charge is 2.66. The molecule has 0 aromatic heterocycles. The Labute approximate surface area is 186 Å². The van der Waals surface area contributed by atoms with Crippen LogP contribution < -0.4 is 0 Å². The first-order chi connectivity index (χ1) is 15.0. The molecule has 7 aliphatic carbocycles. The van der Waals surface area contributed by atoms with Gasteiger partial charge < -0.3 is 0 Å². The van der Waals surface area contributed by atoms with Crippen LogP contribution in [-0.4, -0.2) is 22.5 Å². The molecule has 0 unspecified atom stereocenters. The van der Waals surface area contributed by atoms with Crippen molar-refractivity contribution in [3.05, 3.63) is 82.4 Å². The van der Waals surface area contributed by atoms with Gasteiger partial charge in [0.2, 0.25) is 0 Å². The summed E-state index contributed by atoms with van der Waals surface area (Å²) >= 11 is 0. The predicted molar refractivity (Wildman–Crippen MR) is 125 cm³/mol. The lowest BCUT2D eigenvalue weighted by Crippen LogP contribution is -2.63. The first-order valence-electron chi connectivity index (χ1n) is 12.7. The third-order valence-corrected chi connectivity index (χ3v) is 10.6. The minimum atomic E-state index is 0.0504. The molecule has 0 amide bonds. The number of hydrogen-bond donors (Lipinski definition) is 0. The molecular formula is C30H33N. The molecule has 10 rings (SSSR count). The minimum Gasteiger partial charge on any atom is -0.287 e. The van der Waals surface area contributed by atoms with Gasteiger partial charge in [-0.3, -0.25) is 4.90 Å². The van der Waals surface area contributed by atoms with Crippen molar-refractivity contribution < 1.29 is 0 Å². The van der Waals surface area contributed by atoms with E-state index in [0.29, 0.717) is 11.5 Å². The molecule has 0 N–H and O–H groups in total. The summed E-state index contributed by atoms with van der Waals surface area (Å²) < 4.78 is 0. The molecule has 1 saturated heterocycles. The molecule has 8 aliphatic rings. The predicted octanol–water partition coefficient (Wildman–Crippen LogP) is 6.42. The first-order valence-corrected chi connectivity index (χ1v) is 12.7. The lowest BCUT2D eigenvalue weighted by molar-refractivity contribution is -0.106. The average molecular weight is 408 g/mol. The van der Waals surface area contributed by atoms with Crippen LogP contribution in [0.2, 0.25) is 0 Å². The molecule has 6 bridgehead atoms. The van der Waals surface area contributed by atoms with E-state index in [1.807, 2.05) is 0 Å². The van der Waals surface area contributed by atoms with Crippen molar-refractivity contribution in [2.75, 3.05) is 6.54 Å². The van der Waals surface area contributed by atoms with Crippen LogP contribution in [0.25, 0.3) is 0 Å². The van der Waals surface area contributed by atoms with Crippen molar-refractivity contribution >= 4 is 0 Å². The van der Waals surface area contributed by atoms with E-state index in [-0.39, 0.29) is 11.0 Å². The molecule has 2 aromatic carbocycles. The molecule has 4 saturated carbocycles. The summed E-state index contributed by atoms with van der Waals surface area (Å²) in [6, 6.07) is 18.8. The smallest absolute Gasteiger partial charge is 0.0562 e. The molecular weight excluding hydrogens is 374 g/mol. The van der Waals surface area contributed by atoms with Gasteiger partial charge in [-0.25, -0.2) is 0 Å². The molecule has 1 heterocycles. The molecule has 5 fully saturated rings. The maximum atomic E-state index is 3.07. The Balaban J connectivity index is 1.37. The summed E-state index contributed by atoms with van der Waals surface area (Å²) in [5, 5.41) is 0. The number of hydrogen-bond acceptors (Lipinski definition) is 1. The third kappa shape index (κ3) is 1.92. The van der Waals surface area contributed by atoms with Crippen LogP contribution in [0.3, 0.4) is 0 Å². The van der Waals surface area contributed by atoms with Crippen molar-refractivity contribution in [3.63, 3.8) is 0 Å². The van der Waals surface area contributed by atoms with E-state index in [9.17, 15) is 0 Å². The normalized spacial score (nSPS) is 42.8. The standard InChI is InChI=1S/C30H33N/c1-28(2)27-14-24-22-7-3-5-9-25(22)30(27,26-10-6-4-8-23(24)26)18-31(28)29-15-19-11-20(16-29)13-21(12-19)17-29/h3-10,14,19-21,24H,11-13,15-18H2,1-2H3. The Morgan fingerprint density at radius 3 is 1.81 bits per heavy atom. The third-order valence-electron chi connectivity index (χ3n) is 10.6. The summed E-state index contributed by atoms with van der Waals surface area (Å²) in [5.41, 5.74) is 8.67. The van der Waals surface area contributed by atoms with Crippen LogP contribution in [0.15, 0.2) is 60.2 Å². The monoisotopic (exact) mass is 407 g/mol. The van der Waals surface area contributed by atoms with Gasteiger partial charge in [0, 0.05) is 23.5 Å². The van der Waals surface area contributed by atoms with Crippen LogP contribution in [0.1, 0.15) is 80.5 Å². The van der Waals surface area contributed by atoms with Crippen LogP contribution in [0.5, 0.6) is 0 Å². The van der Waals surface area contributed by atoms with Gasteiger partial charge in [-0.2, -0.15) is 0 Å². The van der Waals surface area contributed by atoms with Gasteiger partial charge in [0.1, 0.15) is 0 Å². The zero-order valence-corrected chi connectivity index (χ0v) is 18.9. The van der Waals surface area contributed by atoms with Crippen molar-refractivity contribution in [1.29, 1.82) is 0 Å². The van der Waals surface area contributed by atoms with Crippen molar-refractivity contribution in [2.45, 2.75) is 74.8 Å². The van der Waals surface area contributed by atoms with Crippen LogP contribution in [0, 0.1) is 17.8 Å². The molecule has 0 radical (unpaired) electrons. The zero-order chi connectivity index (χ0) is 20.6. The first kappa shape index (κ1) is 17.7. The number of nitrogens with zero attached hydrogens (tertiary/aromatic N) is 1. The Kier molecular flexibility index (Phi) is 3.06. The number of rotatable bonds is 1. The van der Waals surface area contributed by atoms with E-state index in [4.69, 9.17) is 0 Å². The summed E-state index contributed by atoms with van der Waals surface area (Å²) in [6.45, 7) is 6.31. The van der Waals surface area contributed by atoms with E-state index < -0.39 is 0 Å². The van der Waals surface area contributed by atoms with E-state index >= 15 is 0 Å². The SMILES string of the molecule is CC1(C)C2=CC3c4ccccc4C2(CN1C12CC4CC(CC(C4)C1)C2)c1ccccc13. The Morgan fingerprint density at radius 1 is 0.742 bits per heavy atom. The van der Waals surface area contributed by atoms with Crippen LogP contribution >= 0.6 is 0 Å². The van der Waals surface area contributed by atoms with E-state index in [1.165, 1.54) is 45.1 Å². The zero-order valence-electron chi connectivity index (χ0n) is 18.9. The maximum absolute atomic E-state index is 3.07. The van der Waals surface area contributed by atoms with Gasteiger partial charge in [-0.05, 0) is 98.0 Å². The van der Waals surface area contributed by atoms with E-state index in [0.717, 1.165) is 17.8 Å². The molecule has 2 aromatic rings. The topological polar surface area (TPSA) is 3.24 Å². The van der Waals surface area contributed by atoms with Crippen molar-refractivity contribution in [2.24, 2.45) is 17.8 Å². The molecule has 31 heavy (non-hydrogen) atoms. The lowest BCUT2D eigenvalue weighted by Gasteiger charge is -2.62. The second-order valence-electron chi connectivity index (χ2n) is 12.4. The Hall–Kier alpha value is -1.86. The Morgan fingerprint density at radius 2 is 1.26 bits per heavy atom. The second kappa shape index (κ2) is 5.37. The fraction of sp³-hybridized carbons (Fsp3) is 0.533. The van der Waals surface area contributed by atoms with Gasteiger partial charge in [0.25, 0.3) is 0 Å². The number of likely N-dealkylation sites (tertiary alicyclic amines) is 1. The fourth-order valence-corrected chi connectivity index (χ4v) is 10.1. The maximum Gasteiger partial charge on any atom is 0.0562 e. The number of allylic oxidation sites excluding steroid dienone is 1. The second-order valence-corrected chi connectivity index (χ2v) is 12.4. The van der Waals surface area contributed by atoms with Crippen molar-refractivity contribution in [1.82, 2.24) is 4.90 Å². The van der Waals surface area contributed by atoms with Crippen LogP contribution in [0.4, 0.5) is 0 Å². The summed E-state index contributed by atoms with van der Waals surface area (Å²) in [6.07, 6.45) is 11.6. The van der Waals surface area contributed by atoms with E-state index in [1.54, 1.807) is 27.8 Å². The van der Waals surface area contributed by atoms with E-state index in [2.05, 4.69) is 73.4 Å². The van der Waals surface area contributed by atoms with Gasteiger partial charge in [0.05, 0.1) is 5.41 Å². The average Bonchev–Trinajstić information content (AvgIpc) is 3.02. The van der Waals surface area contributed by atoms with Crippen LogP contribution in [-0.2, 0) is 5.41 Å². The van der Waals surface area contributed by atoms with Gasteiger partial charge in [-0.1, -0.05) is 54.6 Å². The summed E-state index contributed by atoms with van der Waals surface area (Å²) in [5.74, 6) is 3.41. The minimum absolute atomic E-state index is 0.0504. The summed E-state index contributed by atoms with van der Waals surface area (Å²) in [4.78, 5) is 3.07. The molecule has 158 valence electrons. The molecule has 1 aliphatic heterocycles. The number of benzene rings is 2.